The number of anilines is 1. The second-order valence-electron chi connectivity index (χ2n) is 6.07. The fraction of sp³-hybridized carbons (Fsp3) is 0.200. The number of hydrogen-bond acceptors (Lipinski definition) is 5. The molecule has 1 N–H and O–H groups in total. The van der Waals surface area contributed by atoms with E-state index in [0.717, 1.165) is 11.3 Å². The lowest BCUT2D eigenvalue weighted by Crippen LogP contribution is -2.11. The van der Waals surface area contributed by atoms with Crippen molar-refractivity contribution in [2.75, 3.05) is 12.1 Å². The van der Waals surface area contributed by atoms with Crippen molar-refractivity contribution in [2.24, 2.45) is 0 Å². The Morgan fingerprint density at radius 1 is 1.15 bits per heavy atom. The average molecular weight is 385 g/mol. The SMILES string of the molecule is O=C(CCCc1ncc(-c2ccccc2)o1)Nc1cc2c(cc1Cl)OCO2. The van der Waals surface area contributed by atoms with Crippen LogP contribution in [0.25, 0.3) is 11.3 Å². The molecule has 2 heterocycles. The number of fused-ring (bicyclic) bond motifs is 1. The number of amides is 1. The number of carbonyl (C=O) groups excluding carboxylic acids is 1. The molecule has 1 aliphatic rings. The monoisotopic (exact) mass is 384 g/mol. The molecule has 0 fully saturated rings. The van der Waals surface area contributed by atoms with Crippen LogP contribution in [0, 0.1) is 0 Å². The number of nitrogens with zero attached hydrogens (tertiary/aromatic N) is 1. The number of oxazole rings is 1. The number of ether oxygens (including phenoxy) is 2. The molecule has 7 heteroatoms. The minimum atomic E-state index is -0.134. The minimum absolute atomic E-state index is 0.134. The van der Waals surface area contributed by atoms with Gasteiger partial charge in [0.05, 0.1) is 16.9 Å². The van der Waals surface area contributed by atoms with E-state index in [1.54, 1.807) is 18.3 Å². The number of carbonyl (C=O) groups is 1. The third kappa shape index (κ3) is 4.06. The predicted molar refractivity (Wildman–Crippen MR) is 101 cm³/mol. The van der Waals surface area contributed by atoms with Gasteiger partial charge in [-0.3, -0.25) is 4.79 Å². The van der Waals surface area contributed by atoms with E-state index in [1.807, 2.05) is 30.3 Å². The summed E-state index contributed by atoms with van der Waals surface area (Å²) < 4.78 is 16.3. The van der Waals surface area contributed by atoms with E-state index in [4.69, 9.17) is 25.5 Å². The van der Waals surface area contributed by atoms with E-state index in [-0.39, 0.29) is 12.7 Å². The van der Waals surface area contributed by atoms with Crippen molar-refractivity contribution in [1.82, 2.24) is 4.98 Å². The molecule has 0 radical (unpaired) electrons. The number of benzene rings is 2. The van der Waals surface area contributed by atoms with Gasteiger partial charge in [0.1, 0.15) is 0 Å². The molecule has 0 saturated carbocycles. The van der Waals surface area contributed by atoms with Crippen molar-refractivity contribution in [3.8, 4) is 22.8 Å². The largest absolute Gasteiger partial charge is 0.454 e. The Bertz CT molecular complexity index is 956. The van der Waals surface area contributed by atoms with Gasteiger partial charge in [-0.1, -0.05) is 41.9 Å². The van der Waals surface area contributed by atoms with Gasteiger partial charge in [-0.2, -0.15) is 0 Å². The molecule has 4 rings (SSSR count). The Balaban J connectivity index is 1.30. The first-order valence-electron chi connectivity index (χ1n) is 8.58. The van der Waals surface area contributed by atoms with Gasteiger partial charge in [-0.05, 0) is 6.42 Å². The molecule has 0 atom stereocenters. The molecule has 3 aromatic rings. The second kappa shape index (κ2) is 7.72. The van der Waals surface area contributed by atoms with E-state index < -0.39 is 0 Å². The summed E-state index contributed by atoms with van der Waals surface area (Å²) in [4.78, 5) is 16.5. The summed E-state index contributed by atoms with van der Waals surface area (Å²) in [6.45, 7) is 0.157. The Morgan fingerprint density at radius 2 is 1.93 bits per heavy atom. The summed E-state index contributed by atoms with van der Waals surface area (Å²) >= 11 is 6.17. The number of hydrogen-bond donors (Lipinski definition) is 1. The van der Waals surface area contributed by atoms with Crippen LogP contribution in [0.5, 0.6) is 11.5 Å². The van der Waals surface area contributed by atoms with Gasteiger partial charge in [-0.15, -0.1) is 0 Å². The van der Waals surface area contributed by atoms with Crippen LogP contribution in [0.3, 0.4) is 0 Å². The van der Waals surface area contributed by atoms with Gasteiger partial charge < -0.3 is 19.2 Å². The molecule has 27 heavy (non-hydrogen) atoms. The van der Waals surface area contributed by atoms with E-state index in [1.165, 1.54) is 0 Å². The molecule has 1 amide bonds. The minimum Gasteiger partial charge on any atom is -0.454 e. The maximum absolute atomic E-state index is 12.2. The van der Waals surface area contributed by atoms with Crippen LogP contribution < -0.4 is 14.8 Å². The van der Waals surface area contributed by atoms with Crippen LogP contribution in [0.4, 0.5) is 5.69 Å². The summed E-state index contributed by atoms with van der Waals surface area (Å²) in [6, 6.07) is 13.1. The number of aromatic nitrogens is 1. The van der Waals surface area contributed by atoms with Gasteiger partial charge in [0.25, 0.3) is 0 Å². The van der Waals surface area contributed by atoms with Crippen molar-refractivity contribution in [2.45, 2.75) is 19.3 Å². The first-order chi connectivity index (χ1) is 13.2. The standard InChI is InChI=1S/C20H17ClN2O4/c21-14-9-16-17(26-12-25-16)10-15(14)23-19(24)7-4-8-20-22-11-18(27-20)13-5-2-1-3-6-13/h1-3,5-6,9-11H,4,7-8,12H2,(H,23,24). The molecule has 1 aromatic heterocycles. The summed E-state index contributed by atoms with van der Waals surface area (Å²) in [6.07, 6.45) is 3.23. The van der Waals surface area contributed by atoms with E-state index in [9.17, 15) is 4.79 Å². The molecule has 0 spiro atoms. The quantitative estimate of drug-likeness (QED) is 0.667. The van der Waals surface area contributed by atoms with Crippen LogP contribution in [0.1, 0.15) is 18.7 Å². The smallest absolute Gasteiger partial charge is 0.231 e. The number of halogens is 1. The van der Waals surface area contributed by atoms with Crippen LogP contribution in [0.15, 0.2) is 53.1 Å². The van der Waals surface area contributed by atoms with Gasteiger partial charge >= 0.3 is 0 Å². The van der Waals surface area contributed by atoms with Gasteiger partial charge in [0.2, 0.25) is 12.7 Å². The highest BCUT2D eigenvalue weighted by Crippen LogP contribution is 2.39. The predicted octanol–water partition coefficient (Wildman–Crippen LogP) is 4.69. The highest BCUT2D eigenvalue weighted by Gasteiger charge is 2.17. The first-order valence-corrected chi connectivity index (χ1v) is 8.96. The molecule has 138 valence electrons. The second-order valence-corrected chi connectivity index (χ2v) is 6.48. The van der Waals surface area contributed by atoms with Gasteiger partial charge in [-0.25, -0.2) is 4.98 Å². The zero-order chi connectivity index (χ0) is 18.6. The maximum Gasteiger partial charge on any atom is 0.231 e. The van der Waals surface area contributed by atoms with Gasteiger partial charge in [0.15, 0.2) is 23.1 Å². The molecule has 0 unspecified atom stereocenters. The van der Waals surface area contributed by atoms with Crippen LogP contribution >= 0.6 is 11.6 Å². The first kappa shape index (κ1) is 17.4. The molecule has 6 nitrogen and oxygen atoms in total. The number of rotatable bonds is 6. The lowest BCUT2D eigenvalue weighted by molar-refractivity contribution is -0.116. The molecule has 0 saturated heterocycles. The summed E-state index contributed by atoms with van der Waals surface area (Å²) in [5.74, 6) is 2.36. The maximum atomic E-state index is 12.2. The fourth-order valence-electron chi connectivity index (χ4n) is 2.79. The van der Waals surface area contributed by atoms with Crippen LogP contribution in [-0.4, -0.2) is 17.7 Å². The number of aryl methyl sites for hydroxylation is 1. The van der Waals surface area contributed by atoms with Crippen LogP contribution in [0.2, 0.25) is 5.02 Å². The Hall–Kier alpha value is -2.99. The summed E-state index contributed by atoms with van der Waals surface area (Å²) in [7, 11) is 0. The third-order valence-electron chi connectivity index (χ3n) is 4.14. The molecule has 0 bridgehead atoms. The fourth-order valence-corrected chi connectivity index (χ4v) is 2.99. The zero-order valence-corrected chi connectivity index (χ0v) is 15.2. The van der Waals surface area contributed by atoms with E-state index >= 15 is 0 Å². The third-order valence-corrected chi connectivity index (χ3v) is 4.46. The normalized spacial score (nSPS) is 12.2. The summed E-state index contributed by atoms with van der Waals surface area (Å²) in [5, 5.41) is 3.21. The van der Waals surface area contributed by atoms with E-state index in [2.05, 4.69) is 10.3 Å². The van der Waals surface area contributed by atoms with Crippen molar-refractivity contribution in [1.29, 1.82) is 0 Å². The van der Waals surface area contributed by atoms with Crippen molar-refractivity contribution >= 4 is 23.2 Å². The van der Waals surface area contributed by atoms with Crippen molar-refractivity contribution < 1.29 is 18.7 Å². The summed E-state index contributed by atoms with van der Waals surface area (Å²) in [5.41, 5.74) is 1.49. The lowest BCUT2D eigenvalue weighted by atomic mass is 10.2. The molecule has 0 aliphatic carbocycles. The topological polar surface area (TPSA) is 73.6 Å². The Labute approximate surface area is 161 Å². The lowest BCUT2D eigenvalue weighted by Gasteiger charge is -2.08. The zero-order valence-electron chi connectivity index (χ0n) is 14.4. The highest BCUT2D eigenvalue weighted by atomic mass is 35.5. The van der Waals surface area contributed by atoms with Crippen molar-refractivity contribution in [3.63, 3.8) is 0 Å². The van der Waals surface area contributed by atoms with Crippen molar-refractivity contribution in [3.05, 3.63) is 59.6 Å². The molecular weight excluding hydrogens is 368 g/mol. The average Bonchev–Trinajstić information content (AvgIpc) is 3.32. The van der Waals surface area contributed by atoms with Crippen LogP contribution in [-0.2, 0) is 11.2 Å². The molecule has 1 aliphatic heterocycles. The molecule has 2 aromatic carbocycles. The number of nitrogens with one attached hydrogen (secondary N) is 1. The van der Waals surface area contributed by atoms with Gasteiger partial charge in [0, 0.05) is 30.5 Å². The van der Waals surface area contributed by atoms with E-state index in [0.29, 0.717) is 47.4 Å². The Morgan fingerprint density at radius 3 is 2.74 bits per heavy atom. The Kier molecular flexibility index (Phi) is 4.98. The highest BCUT2D eigenvalue weighted by molar-refractivity contribution is 6.34. The molecular formula is C20H17ClN2O4.